The van der Waals surface area contributed by atoms with Gasteiger partial charge in [-0.1, -0.05) is 24.4 Å². The molecular formula is C13H16BrFN2OS. The lowest BCUT2D eigenvalue weighted by atomic mass is 10.0. The average molecular weight is 347 g/mol. The summed E-state index contributed by atoms with van der Waals surface area (Å²) < 4.78 is 14.5. The minimum atomic E-state index is -0.334. The van der Waals surface area contributed by atoms with Crippen LogP contribution in [0.1, 0.15) is 37.7 Å². The van der Waals surface area contributed by atoms with Gasteiger partial charge in [-0.3, -0.25) is 0 Å². The zero-order valence-electron chi connectivity index (χ0n) is 10.4. The second kappa shape index (κ2) is 6.61. The highest BCUT2D eigenvalue weighted by Gasteiger charge is 2.19. The molecule has 1 saturated carbocycles. The van der Waals surface area contributed by atoms with Crippen LogP contribution in [-0.4, -0.2) is 16.3 Å². The van der Waals surface area contributed by atoms with E-state index in [0.29, 0.717) is 15.7 Å². The predicted molar refractivity (Wildman–Crippen MR) is 79.3 cm³/mol. The first kappa shape index (κ1) is 14.7. The third kappa shape index (κ3) is 3.42. The van der Waals surface area contributed by atoms with Gasteiger partial charge in [0.05, 0.1) is 4.47 Å². The van der Waals surface area contributed by atoms with Crippen LogP contribution in [0.5, 0.6) is 0 Å². The zero-order chi connectivity index (χ0) is 13.8. The second-order valence-corrected chi connectivity index (χ2v) is 6.74. The van der Waals surface area contributed by atoms with Crippen molar-refractivity contribution in [2.24, 2.45) is 10.9 Å². The van der Waals surface area contributed by atoms with Gasteiger partial charge in [0, 0.05) is 15.7 Å². The molecule has 2 rings (SSSR count). The van der Waals surface area contributed by atoms with Crippen LogP contribution in [0.15, 0.2) is 26.7 Å². The zero-order valence-corrected chi connectivity index (χ0v) is 12.8. The van der Waals surface area contributed by atoms with Gasteiger partial charge in [0.25, 0.3) is 0 Å². The quantitative estimate of drug-likeness (QED) is 0.374. The lowest BCUT2D eigenvalue weighted by molar-refractivity contribution is 0.318. The molecule has 0 spiro atoms. The molecule has 0 radical (unpaired) electrons. The Morgan fingerprint density at radius 1 is 1.37 bits per heavy atom. The van der Waals surface area contributed by atoms with E-state index in [4.69, 9.17) is 10.9 Å². The number of benzene rings is 1. The summed E-state index contributed by atoms with van der Waals surface area (Å²) in [6.07, 6.45) is 6.02. The van der Waals surface area contributed by atoms with E-state index in [-0.39, 0.29) is 16.1 Å². The largest absolute Gasteiger partial charge is 0.409 e. The van der Waals surface area contributed by atoms with E-state index in [1.807, 2.05) is 0 Å². The van der Waals surface area contributed by atoms with Crippen molar-refractivity contribution in [2.75, 3.05) is 0 Å². The van der Waals surface area contributed by atoms with E-state index in [0.717, 1.165) is 12.8 Å². The summed E-state index contributed by atoms with van der Waals surface area (Å²) in [6, 6.07) is 3.38. The molecule has 1 fully saturated rings. The van der Waals surface area contributed by atoms with Crippen molar-refractivity contribution in [3.63, 3.8) is 0 Å². The molecular weight excluding hydrogens is 331 g/mol. The van der Waals surface area contributed by atoms with Crippen LogP contribution in [0.4, 0.5) is 4.39 Å². The predicted octanol–water partition coefficient (Wildman–Crippen LogP) is 4.11. The van der Waals surface area contributed by atoms with Gasteiger partial charge in [0.15, 0.2) is 11.7 Å². The number of hydrogen-bond acceptors (Lipinski definition) is 3. The molecule has 6 heteroatoms. The normalized spacial score (nSPS) is 17.7. The first-order valence-electron chi connectivity index (χ1n) is 6.26. The Morgan fingerprint density at radius 3 is 2.68 bits per heavy atom. The van der Waals surface area contributed by atoms with Crippen LogP contribution in [0, 0.1) is 5.82 Å². The van der Waals surface area contributed by atoms with Crippen molar-refractivity contribution in [3.05, 3.63) is 28.0 Å². The third-order valence-electron chi connectivity index (χ3n) is 3.28. The van der Waals surface area contributed by atoms with E-state index in [2.05, 4.69) is 21.1 Å². The molecule has 1 aliphatic rings. The standard InChI is InChI=1S/C13H16BrFN2OS/c14-11-9(13(16)17-18)6-7-10(12(11)15)19-8-4-2-1-3-5-8/h6-8,18H,1-5H2,(H2,16,17). The molecule has 0 saturated heterocycles. The minimum Gasteiger partial charge on any atom is -0.409 e. The number of oxime groups is 1. The molecule has 0 amide bonds. The van der Waals surface area contributed by atoms with Gasteiger partial charge < -0.3 is 10.9 Å². The van der Waals surface area contributed by atoms with Gasteiger partial charge in [0.2, 0.25) is 0 Å². The summed E-state index contributed by atoms with van der Waals surface area (Å²) in [5.74, 6) is -0.431. The lowest BCUT2D eigenvalue weighted by Gasteiger charge is -2.21. The number of thioether (sulfide) groups is 1. The molecule has 0 heterocycles. The molecule has 19 heavy (non-hydrogen) atoms. The van der Waals surface area contributed by atoms with E-state index >= 15 is 0 Å². The van der Waals surface area contributed by atoms with Crippen molar-refractivity contribution in [3.8, 4) is 0 Å². The smallest absolute Gasteiger partial charge is 0.171 e. The van der Waals surface area contributed by atoms with Crippen LogP contribution < -0.4 is 5.73 Å². The fraction of sp³-hybridized carbons (Fsp3) is 0.462. The van der Waals surface area contributed by atoms with Crippen molar-refractivity contribution in [1.82, 2.24) is 0 Å². The molecule has 3 nitrogen and oxygen atoms in total. The van der Waals surface area contributed by atoms with E-state index < -0.39 is 0 Å². The molecule has 1 aromatic rings. The molecule has 3 N–H and O–H groups in total. The number of hydrogen-bond donors (Lipinski definition) is 2. The van der Waals surface area contributed by atoms with Crippen molar-refractivity contribution >= 4 is 33.5 Å². The SMILES string of the molecule is N/C(=N/O)c1ccc(SC2CCCCC2)c(F)c1Br. The van der Waals surface area contributed by atoms with Crippen molar-refractivity contribution in [1.29, 1.82) is 0 Å². The summed E-state index contributed by atoms with van der Waals surface area (Å²) in [6.45, 7) is 0. The fourth-order valence-electron chi connectivity index (χ4n) is 2.24. The van der Waals surface area contributed by atoms with Crippen LogP contribution in [0.3, 0.4) is 0 Å². The Hall–Kier alpha value is -0.750. The number of halogens is 2. The molecule has 0 bridgehead atoms. The maximum Gasteiger partial charge on any atom is 0.171 e. The van der Waals surface area contributed by atoms with Crippen LogP contribution >= 0.6 is 27.7 Å². The number of amidine groups is 1. The maximum absolute atomic E-state index is 14.3. The van der Waals surface area contributed by atoms with Gasteiger partial charge in [0.1, 0.15) is 0 Å². The molecule has 1 aliphatic carbocycles. The Balaban J connectivity index is 2.20. The van der Waals surface area contributed by atoms with Gasteiger partial charge in [-0.05, 0) is 40.9 Å². The first-order valence-corrected chi connectivity index (χ1v) is 7.93. The third-order valence-corrected chi connectivity index (χ3v) is 5.43. The summed E-state index contributed by atoms with van der Waals surface area (Å²) in [5.41, 5.74) is 5.86. The van der Waals surface area contributed by atoms with Crippen molar-refractivity contribution < 1.29 is 9.60 Å². The summed E-state index contributed by atoms with van der Waals surface area (Å²) in [5, 5.41) is 12.0. The Morgan fingerprint density at radius 2 is 2.05 bits per heavy atom. The van der Waals surface area contributed by atoms with Crippen LogP contribution in [0.2, 0.25) is 0 Å². The van der Waals surface area contributed by atoms with Gasteiger partial charge in [-0.15, -0.1) is 11.8 Å². The molecule has 0 aromatic heterocycles. The Labute approximate surface area is 124 Å². The highest BCUT2D eigenvalue weighted by atomic mass is 79.9. The van der Waals surface area contributed by atoms with Crippen LogP contribution in [0.25, 0.3) is 0 Å². The van der Waals surface area contributed by atoms with Gasteiger partial charge in [-0.2, -0.15) is 0 Å². The molecule has 104 valence electrons. The highest BCUT2D eigenvalue weighted by Crippen LogP contribution is 2.37. The van der Waals surface area contributed by atoms with Crippen molar-refractivity contribution in [2.45, 2.75) is 42.2 Å². The summed E-state index contributed by atoms with van der Waals surface area (Å²) >= 11 is 4.76. The second-order valence-electron chi connectivity index (χ2n) is 4.60. The monoisotopic (exact) mass is 346 g/mol. The number of nitrogens with zero attached hydrogens (tertiary/aromatic N) is 1. The maximum atomic E-state index is 14.3. The van der Waals surface area contributed by atoms with Gasteiger partial charge >= 0.3 is 0 Å². The highest BCUT2D eigenvalue weighted by molar-refractivity contribution is 9.10. The lowest BCUT2D eigenvalue weighted by Crippen LogP contribution is -2.15. The van der Waals surface area contributed by atoms with E-state index in [9.17, 15) is 4.39 Å². The molecule has 0 aliphatic heterocycles. The molecule has 0 atom stereocenters. The topological polar surface area (TPSA) is 58.6 Å². The molecule has 1 aromatic carbocycles. The van der Waals surface area contributed by atoms with Crippen LogP contribution in [-0.2, 0) is 0 Å². The average Bonchev–Trinajstić information content (AvgIpc) is 2.44. The Bertz CT molecular complexity index is 490. The minimum absolute atomic E-state index is 0.0972. The Kier molecular flexibility index (Phi) is 5.10. The van der Waals surface area contributed by atoms with E-state index in [1.54, 1.807) is 23.9 Å². The number of rotatable bonds is 3. The van der Waals surface area contributed by atoms with E-state index in [1.165, 1.54) is 19.3 Å². The summed E-state index contributed by atoms with van der Waals surface area (Å²) in [7, 11) is 0. The fourth-order valence-corrected chi connectivity index (χ4v) is 4.20. The summed E-state index contributed by atoms with van der Waals surface area (Å²) in [4.78, 5) is 0.619. The number of nitrogens with two attached hydrogens (primary N) is 1. The van der Waals surface area contributed by atoms with Gasteiger partial charge in [-0.25, -0.2) is 4.39 Å². The molecule has 0 unspecified atom stereocenters. The first-order chi connectivity index (χ1) is 9.13.